The number of hydrogen-bond donors (Lipinski definition) is 4. The van der Waals surface area contributed by atoms with E-state index in [2.05, 4.69) is 5.32 Å². The van der Waals surface area contributed by atoms with E-state index in [0.29, 0.717) is 5.57 Å². The Balaban J connectivity index is 2.59. The van der Waals surface area contributed by atoms with E-state index in [9.17, 15) is 29.4 Å². The molecular weight excluding hydrogens is 508 g/mol. The van der Waals surface area contributed by atoms with Crippen LogP contribution in [0.4, 0.5) is 4.79 Å². The van der Waals surface area contributed by atoms with Crippen molar-refractivity contribution < 1.29 is 43.6 Å². The van der Waals surface area contributed by atoms with Crippen LogP contribution in [0.1, 0.15) is 40.5 Å². The maximum atomic E-state index is 12.8. The number of ether oxygens (including phenoxy) is 3. The van der Waals surface area contributed by atoms with Crippen LogP contribution in [0.25, 0.3) is 0 Å². The third-order valence-corrected chi connectivity index (χ3v) is 6.77. The number of methoxy groups -OCH3 is 2. The van der Waals surface area contributed by atoms with E-state index >= 15 is 0 Å². The molecule has 39 heavy (non-hydrogen) atoms. The van der Waals surface area contributed by atoms with Gasteiger partial charge in [0.15, 0.2) is 6.10 Å². The highest BCUT2D eigenvalue weighted by Crippen LogP contribution is 2.29. The van der Waals surface area contributed by atoms with E-state index in [1.165, 1.54) is 33.3 Å². The van der Waals surface area contributed by atoms with Crippen molar-refractivity contribution in [3.8, 4) is 0 Å². The Labute approximate surface area is 228 Å². The second-order valence-electron chi connectivity index (χ2n) is 9.90. The van der Waals surface area contributed by atoms with E-state index in [-0.39, 0.29) is 35.6 Å². The molecule has 0 saturated heterocycles. The number of allylic oxidation sites excluding steroid dienone is 4. The maximum absolute atomic E-state index is 12.8. The van der Waals surface area contributed by atoms with Gasteiger partial charge in [0.25, 0.3) is 5.91 Å². The van der Waals surface area contributed by atoms with Crippen LogP contribution in [-0.2, 0) is 28.6 Å². The van der Waals surface area contributed by atoms with E-state index in [4.69, 9.17) is 19.9 Å². The minimum Gasteiger partial charge on any atom is -0.505 e. The number of amides is 2. The summed E-state index contributed by atoms with van der Waals surface area (Å²) >= 11 is 0. The molecule has 2 bridgehead atoms. The number of carbonyl (C=O) groups is 4. The molecule has 0 radical (unpaired) electrons. The number of carbonyl (C=O) groups excluding carboxylic acids is 4. The molecule has 2 amide bonds. The second-order valence-corrected chi connectivity index (χ2v) is 9.90. The number of hydrogen-bond acceptors (Lipinski definition) is 9. The van der Waals surface area contributed by atoms with Crippen LogP contribution < -0.4 is 11.1 Å². The molecular formula is C28H38N2O9. The summed E-state index contributed by atoms with van der Waals surface area (Å²) in [6.45, 7) is 6.79. The van der Waals surface area contributed by atoms with Crippen molar-refractivity contribution in [3.63, 3.8) is 0 Å². The highest BCUT2D eigenvalue weighted by molar-refractivity contribution is 6.48. The van der Waals surface area contributed by atoms with E-state index in [1.54, 1.807) is 32.9 Å². The number of primary amides is 1. The number of nitrogens with two attached hydrogens (primary N) is 1. The number of fused-ring (bicyclic) bond motifs is 1. The summed E-state index contributed by atoms with van der Waals surface area (Å²) in [4.78, 5) is 49.4. The summed E-state index contributed by atoms with van der Waals surface area (Å²) in [5.41, 5.74) is 5.79. The summed E-state index contributed by atoms with van der Waals surface area (Å²) in [7, 11) is 2.86. The number of Topliss-reactive ketones (excluding diaryl/α,β-unsaturated/α-hetero) is 1. The number of rotatable bonds is 3. The van der Waals surface area contributed by atoms with E-state index in [0.717, 1.165) is 6.08 Å². The van der Waals surface area contributed by atoms with Crippen molar-refractivity contribution in [3.05, 3.63) is 58.6 Å². The monoisotopic (exact) mass is 546 g/mol. The van der Waals surface area contributed by atoms with Gasteiger partial charge in [-0.15, -0.1) is 0 Å². The van der Waals surface area contributed by atoms with E-state index in [1.807, 2.05) is 0 Å². The molecule has 0 spiro atoms. The lowest BCUT2D eigenvalue weighted by atomic mass is 9.85. The second kappa shape index (κ2) is 14.0. The lowest BCUT2D eigenvalue weighted by molar-refractivity contribution is -0.132. The fourth-order valence-corrected chi connectivity index (χ4v) is 4.57. The summed E-state index contributed by atoms with van der Waals surface area (Å²) in [5.74, 6) is -3.58. The third kappa shape index (κ3) is 8.22. The molecule has 6 atom stereocenters. The molecule has 1 heterocycles. The van der Waals surface area contributed by atoms with Crippen molar-refractivity contribution in [2.75, 3.05) is 14.2 Å². The molecule has 0 saturated carbocycles. The molecule has 0 aromatic carbocycles. The number of aliphatic hydroxyl groups excluding tert-OH is 2. The van der Waals surface area contributed by atoms with Crippen LogP contribution in [0.3, 0.4) is 0 Å². The lowest BCUT2D eigenvalue weighted by Crippen LogP contribution is -2.37. The quantitative estimate of drug-likeness (QED) is 0.235. The summed E-state index contributed by atoms with van der Waals surface area (Å²) in [5, 5.41) is 24.3. The lowest BCUT2D eigenvalue weighted by Gasteiger charge is -2.29. The van der Waals surface area contributed by atoms with E-state index < -0.39 is 59.7 Å². The Morgan fingerprint density at radius 2 is 1.79 bits per heavy atom. The molecule has 214 valence electrons. The molecule has 5 N–H and O–H groups in total. The van der Waals surface area contributed by atoms with Gasteiger partial charge >= 0.3 is 6.09 Å². The molecule has 11 heteroatoms. The zero-order valence-electron chi connectivity index (χ0n) is 23.1. The zero-order chi connectivity index (χ0) is 29.4. The highest BCUT2D eigenvalue weighted by atomic mass is 16.6. The largest absolute Gasteiger partial charge is 0.505 e. The summed E-state index contributed by atoms with van der Waals surface area (Å²) < 4.78 is 16.4. The van der Waals surface area contributed by atoms with Crippen LogP contribution in [0.5, 0.6) is 0 Å². The van der Waals surface area contributed by atoms with Crippen LogP contribution in [0.2, 0.25) is 0 Å². The fraction of sp³-hybridized carbons (Fsp3) is 0.500. The van der Waals surface area contributed by atoms with Gasteiger partial charge in [0.05, 0.1) is 17.9 Å². The van der Waals surface area contributed by atoms with Gasteiger partial charge in [0, 0.05) is 37.4 Å². The maximum Gasteiger partial charge on any atom is 0.405 e. The first kappa shape index (κ1) is 31.7. The van der Waals surface area contributed by atoms with Gasteiger partial charge < -0.3 is 35.5 Å². The first-order chi connectivity index (χ1) is 18.3. The molecule has 0 fully saturated rings. The topological polar surface area (TPSA) is 174 Å². The molecule has 1 aliphatic carbocycles. The van der Waals surface area contributed by atoms with Crippen LogP contribution >= 0.6 is 0 Å². The zero-order valence-corrected chi connectivity index (χ0v) is 23.1. The number of nitrogens with one attached hydrogen (secondary N) is 1. The fourth-order valence-electron chi connectivity index (χ4n) is 4.57. The molecule has 2 rings (SSSR count). The van der Waals surface area contributed by atoms with Gasteiger partial charge in [-0.2, -0.15) is 0 Å². The first-order valence-electron chi connectivity index (χ1n) is 12.6. The molecule has 0 aromatic rings. The molecule has 2 aliphatic rings. The Morgan fingerprint density at radius 1 is 1.13 bits per heavy atom. The SMILES string of the molecule is CO[C@H]1C[C@@H](C)CC2=C(O)C(=CC(=O)C2=O)NC(=O)/C(C)=C\C=C/[C@@H](OC)[C@@H](OC(N)=O)/C(C)=C/[C@@H](C)[C@H]1O. The van der Waals surface area contributed by atoms with Crippen molar-refractivity contribution in [1.82, 2.24) is 5.32 Å². The molecule has 0 aromatic heterocycles. The normalized spacial score (nSPS) is 33.3. The number of aliphatic hydroxyl groups is 2. The van der Waals surface area contributed by atoms with Crippen molar-refractivity contribution in [1.29, 1.82) is 0 Å². The van der Waals surface area contributed by atoms with Gasteiger partial charge in [-0.05, 0) is 38.2 Å². The van der Waals surface area contributed by atoms with Crippen LogP contribution in [0, 0.1) is 11.8 Å². The van der Waals surface area contributed by atoms with Crippen molar-refractivity contribution in [2.45, 2.75) is 65.0 Å². The first-order valence-corrected chi connectivity index (χ1v) is 12.6. The minimum absolute atomic E-state index is 0.0149. The number of ketones is 2. The Hall–Kier alpha value is -3.54. The van der Waals surface area contributed by atoms with Gasteiger partial charge in [-0.1, -0.05) is 38.2 Å². The minimum atomic E-state index is -1.01. The van der Waals surface area contributed by atoms with Gasteiger partial charge in [0.1, 0.15) is 11.9 Å². The smallest absolute Gasteiger partial charge is 0.405 e. The summed E-state index contributed by atoms with van der Waals surface area (Å²) in [6, 6.07) is 0. The van der Waals surface area contributed by atoms with Gasteiger partial charge in [-0.3, -0.25) is 14.4 Å². The van der Waals surface area contributed by atoms with Crippen molar-refractivity contribution in [2.24, 2.45) is 17.6 Å². The average Bonchev–Trinajstić information content (AvgIpc) is 2.88. The molecule has 1 aliphatic heterocycles. The molecule has 11 nitrogen and oxygen atoms in total. The van der Waals surface area contributed by atoms with Crippen LogP contribution in [0.15, 0.2) is 58.6 Å². The van der Waals surface area contributed by atoms with Gasteiger partial charge in [-0.25, -0.2) is 4.79 Å². The predicted molar refractivity (Wildman–Crippen MR) is 142 cm³/mol. The standard InChI is InChI=1S/C28H38N2O9/c1-14-10-18-24(33)19(13-20(31)25(18)34)30-27(35)15(2)8-7-9-21(37-5)26(39-28(29)36)17(4)12-16(3)23(32)22(11-14)38-6/h7-9,12-14,16,21-23,26,32-33H,10-11H2,1-6H3,(H2,29,36)(H,30,35)/b9-7-,15-8-,17-12+/t14-,16+,21+,22-,23+,26-/m0/s1. The van der Waals surface area contributed by atoms with Crippen LogP contribution in [-0.4, -0.2) is 72.4 Å². The average molecular weight is 547 g/mol. The Morgan fingerprint density at radius 3 is 2.38 bits per heavy atom. The van der Waals surface area contributed by atoms with Crippen molar-refractivity contribution >= 4 is 23.6 Å². The Kier molecular flexibility index (Phi) is 11.4. The highest BCUT2D eigenvalue weighted by Gasteiger charge is 2.33. The summed E-state index contributed by atoms with van der Waals surface area (Å²) in [6.07, 6.45) is 3.07. The Bertz CT molecular complexity index is 1130. The third-order valence-electron chi connectivity index (χ3n) is 6.77. The van der Waals surface area contributed by atoms with Gasteiger partial charge in [0.2, 0.25) is 11.6 Å². The molecule has 0 unspecified atom stereocenters. The predicted octanol–water partition coefficient (Wildman–Crippen LogP) is 2.32.